The zero-order valence-electron chi connectivity index (χ0n) is 14.3. The van der Waals surface area contributed by atoms with Gasteiger partial charge in [0.2, 0.25) is 0 Å². The second-order valence-electron chi connectivity index (χ2n) is 6.27. The molecule has 0 radical (unpaired) electrons. The van der Waals surface area contributed by atoms with Gasteiger partial charge in [0.1, 0.15) is 0 Å². The Hall–Kier alpha value is -0.860. The highest BCUT2D eigenvalue weighted by Gasteiger charge is 2.13. The molecule has 0 spiro atoms. The molecule has 0 fully saturated rings. The predicted molar refractivity (Wildman–Crippen MR) is 91.5 cm³/mol. The Kier molecular flexibility index (Phi) is 9.36. The topological polar surface area (TPSA) is 21.3 Å². The van der Waals surface area contributed by atoms with Crippen LogP contribution in [-0.4, -0.2) is 18.8 Å². The number of hydrogen-bond acceptors (Lipinski definition) is 2. The lowest BCUT2D eigenvalue weighted by Crippen LogP contribution is -2.24. The van der Waals surface area contributed by atoms with E-state index < -0.39 is 0 Å². The highest BCUT2D eigenvalue weighted by Crippen LogP contribution is 2.15. The summed E-state index contributed by atoms with van der Waals surface area (Å²) in [4.78, 5) is 0. The van der Waals surface area contributed by atoms with Crippen LogP contribution in [0.1, 0.15) is 58.9 Å². The molecule has 1 aromatic rings. The maximum absolute atomic E-state index is 6.12. The molecular formula is C19H33NO. The van der Waals surface area contributed by atoms with E-state index in [4.69, 9.17) is 4.74 Å². The second-order valence-corrected chi connectivity index (χ2v) is 6.27. The Balaban J connectivity index is 2.06. The molecule has 0 heterocycles. The van der Waals surface area contributed by atoms with E-state index >= 15 is 0 Å². The van der Waals surface area contributed by atoms with Crippen LogP contribution in [0.25, 0.3) is 0 Å². The summed E-state index contributed by atoms with van der Waals surface area (Å²) in [5.41, 5.74) is 1.36. The Bertz CT molecular complexity index is 350. The fraction of sp³-hybridized carbons (Fsp3) is 0.684. The lowest BCUT2D eigenvalue weighted by molar-refractivity contribution is -0.0313. The summed E-state index contributed by atoms with van der Waals surface area (Å²) in [6.45, 7) is 10.9. The van der Waals surface area contributed by atoms with Gasteiger partial charge in [-0.1, -0.05) is 51.1 Å². The first-order chi connectivity index (χ1) is 10.1. The molecule has 0 bridgehead atoms. The molecule has 0 aliphatic rings. The van der Waals surface area contributed by atoms with Crippen LogP contribution in [0.4, 0.5) is 0 Å². The van der Waals surface area contributed by atoms with Gasteiger partial charge in [-0.05, 0) is 50.6 Å². The summed E-state index contributed by atoms with van der Waals surface area (Å²) < 4.78 is 6.12. The third-order valence-corrected chi connectivity index (χ3v) is 4.10. The standard InChI is InChI=1S/C19H33NO/c1-5-19(21-17(4)16(2)3)13-9-10-14-20-15-18-11-7-6-8-12-18/h6-8,11-12,16-17,19-20H,5,9-10,13-15H2,1-4H3/t17-,19?/m0/s1. The molecule has 2 nitrogen and oxygen atoms in total. The first kappa shape index (κ1) is 18.2. The predicted octanol–water partition coefficient (Wildman–Crippen LogP) is 4.79. The molecular weight excluding hydrogens is 258 g/mol. The van der Waals surface area contributed by atoms with Crippen LogP contribution < -0.4 is 5.32 Å². The fourth-order valence-corrected chi connectivity index (χ4v) is 2.28. The van der Waals surface area contributed by atoms with Gasteiger partial charge in [0, 0.05) is 6.54 Å². The van der Waals surface area contributed by atoms with E-state index in [9.17, 15) is 0 Å². The summed E-state index contributed by atoms with van der Waals surface area (Å²) in [5.74, 6) is 0.603. The van der Waals surface area contributed by atoms with Crippen LogP contribution >= 0.6 is 0 Å². The highest BCUT2D eigenvalue weighted by atomic mass is 16.5. The fourth-order valence-electron chi connectivity index (χ4n) is 2.28. The molecule has 120 valence electrons. The largest absolute Gasteiger partial charge is 0.375 e. The van der Waals surface area contributed by atoms with Crippen molar-refractivity contribution in [3.8, 4) is 0 Å². The van der Waals surface area contributed by atoms with E-state index in [0.717, 1.165) is 19.5 Å². The van der Waals surface area contributed by atoms with Crippen LogP contribution in [0.2, 0.25) is 0 Å². The van der Waals surface area contributed by atoms with Crippen LogP contribution in [0.3, 0.4) is 0 Å². The van der Waals surface area contributed by atoms with E-state index in [-0.39, 0.29) is 0 Å². The minimum Gasteiger partial charge on any atom is -0.375 e. The second kappa shape index (κ2) is 10.8. The summed E-state index contributed by atoms with van der Waals surface area (Å²) in [5, 5.41) is 3.51. The Morgan fingerprint density at radius 1 is 1.05 bits per heavy atom. The van der Waals surface area contributed by atoms with Crippen LogP contribution in [0, 0.1) is 5.92 Å². The molecule has 1 aromatic carbocycles. The van der Waals surface area contributed by atoms with Gasteiger partial charge in [-0.3, -0.25) is 0 Å². The smallest absolute Gasteiger partial charge is 0.0576 e. The number of nitrogens with one attached hydrogen (secondary N) is 1. The van der Waals surface area contributed by atoms with Gasteiger partial charge in [-0.25, -0.2) is 0 Å². The summed E-state index contributed by atoms with van der Waals surface area (Å²) in [7, 11) is 0. The number of ether oxygens (including phenoxy) is 1. The Morgan fingerprint density at radius 2 is 1.76 bits per heavy atom. The molecule has 0 aromatic heterocycles. The van der Waals surface area contributed by atoms with E-state index in [1.165, 1.54) is 24.8 Å². The molecule has 0 aliphatic heterocycles. The van der Waals surface area contributed by atoms with Gasteiger partial charge in [0.05, 0.1) is 12.2 Å². The van der Waals surface area contributed by atoms with Crippen molar-refractivity contribution in [3.05, 3.63) is 35.9 Å². The SMILES string of the molecule is CCC(CCCCNCc1ccccc1)O[C@@H](C)C(C)C. The number of hydrogen-bond donors (Lipinski definition) is 1. The minimum absolute atomic E-state index is 0.367. The first-order valence-corrected chi connectivity index (χ1v) is 8.53. The summed E-state index contributed by atoms with van der Waals surface area (Å²) in [6, 6.07) is 10.6. The number of unbranched alkanes of at least 4 members (excludes halogenated alkanes) is 1. The maximum atomic E-state index is 6.12. The van der Waals surface area contributed by atoms with E-state index in [1.54, 1.807) is 0 Å². The molecule has 0 saturated carbocycles. The van der Waals surface area contributed by atoms with E-state index in [2.05, 4.69) is 63.3 Å². The molecule has 2 atom stereocenters. The zero-order valence-corrected chi connectivity index (χ0v) is 14.3. The van der Waals surface area contributed by atoms with Gasteiger partial charge in [0.25, 0.3) is 0 Å². The van der Waals surface area contributed by atoms with Crippen LogP contribution in [0.15, 0.2) is 30.3 Å². The van der Waals surface area contributed by atoms with E-state index in [1.807, 2.05) is 0 Å². The Labute approximate surface area is 131 Å². The summed E-state index contributed by atoms with van der Waals surface area (Å²) in [6.07, 6.45) is 5.56. The Morgan fingerprint density at radius 3 is 2.38 bits per heavy atom. The maximum Gasteiger partial charge on any atom is 0.0576 e. The molecule has 0 aliphatic carbocycles. The van der Waals surface area contributed by atoms with E-state index in [0.29, 0.717) is 18.1 Å². The third-order valence-electron chi connectivity index (χ3n) is 4.10. The highest BCUT2D eigenvalue weighted by molar-refractivity contribution is 5.14. The first-order valence-electron chi connectivity index (χ1n) is 8.53. The lowest BCUT2D eigenvalue weighted by Gasteiger charge is -2.24. The zero-order chi connectivity index (χ0) is 15.5. The molecule has 1 rings (SSSR count). The molecule has 21 heavy (non-hydrogen) atoms. The van der Waals surface area contributed by atoms with Crippen molar-refractivity contribution in [2.45, 2.75) is 72.1 Å². The van der Waals surface area contributed by atoms with Gasteiger partial charge in [-0.2, -0.15) is 0 Å². The van der Waals surface area contributed by atoms with Gasteiger partial charge in [-0.15, -0.1) is 0 Å². The lowest BCUT2D eigenvalue weighted by atomic mass is 10.1. The molecule has 0 saturated heterocycles. The number of rotatable bonds is 11. The average Bonchev–Trinajstić information content (AvgIpc) is 2.50. The molecule has 1 N–H and O–H groups in total. The van der Waals surface area contributed by atoms with Crippen molar-refractivity contribution in [2.75, 3.05) is 6.54 Å². The average molecular weight is 291 g/mol. The normalized spacial score (nSPS) is 14.3. The van der Waals surface area contributed by atoms with Gasteiger partial charge >= 0.3 is 0 Å². The molecule has 0 amide bonds. The quantitative estimate of drug-likeness (QED) is 0.592. The van der Waals surface area contributed by atoms with Crippen molar-refractivity contribution in [1.82, 2.24) is 5.32 Å². The van der Waals surface area contributed by atoms with Crippen molar-refractivity contribution < 1.29 is 4.74 Å². The third kappa shape index (κ3) is 8.23. The molecule has 1 unspecified atom stereocenters. The molecule has 2 heteroatoms. The van der Waals surface area contributed by atoms with Crippen molar-refractivity contribution >= 4 is 0 Å². The van der Waals surface area contributed by atoms with Crippen molar-refractivity contribution in [3.63, 3.8) is 0 Å². The van der Waals surface area contributed by atoms with Crippen molar-refractivity contribution in [2.24, 2.45) is 5.92 Å². The minimum atomic E-state index is 0.367. The van der Waals surface area contributed by atoms with Crippen LogP contribution in [-0.2, 0) is 11.3 Å². The van der Waals surface area contributed by atoms with Gasteiger partial charge in [0.15, 0.2) is 0 Å². The summed E-state index contributed by atoms with van der Waals surface area (Å²) >= 11 is 0. The van der Waals surface area contributed by atoms with Crippen LogP contribution in [0.5, 0.6) is 0 Å². The van der Waals surface area contributed by atoms with Crippen molar-refractivity contribution in [1.29, 1.82) is 0 Å². The van der Waals surface area contributed by atoms with Gasteiger partial charge < -0.3 is 10.1 Å². The monoisotopic (exact) mass is 291 g/mol. The number of benzene rings is 1.